The molecule has 2 aromatic rings. The standard InChI is InChI=1S/C17H16N2O5/c1-23-17(22)11-4-6-12(7-5-11)19-15(20)9-14(16(19)21)18-10-13-3-2-8-24-13/h2-8,14,18H,9-10H2,1H3/p+1/t14-/m0/s1. The summed E-state index contributed by atoms with van der Waals surface area (Å²) in [5, 5.41) is 1.79. The number of benzene rings is 1. The van der Waals surface area contributed by atoms with E-state index in [1.165, 1.54) is 19.2 Å². The first-order valence-corrected chi connectivity index (χ1v) is 7.51. The Morgan fingerprint density at radius 1 is 1.29 bits per heavy atom. The molecule has 1 fully saturated rings. The third-order valence-corrected chi connectivity index (χ3v) is 3.91. The van der Waals surface area contributed by atoms with Crippen LogP contribution in [0.25, 0.3) is 0 Å². The highest BCUT2D eigenvalue weighted by Crippen LogP contribution is 2.22. The molecule has 124 valence electrons. The van der Waals surface area contributed by atoms with Crippen molar-refractivity contribution in [2.75, 3.05) is 12.0 Å². The Morgan fingerprint density at radius 3 is 2.67 bits per heavy atom. The Morgan fingerprint density at radius 2 is 2.04 bits per heavy atom. The lowest BCUT2D eigenvalue weighted by molar-refractivity contribution is -0.691. The van der Waals surface area contributed by atoms with Gasteiger partial charge in [0.15, 0.2) is 11.8 Å². The van der Waals surface area contributed by atoms with E-state index >= 15 is 0 Å². The van der Waals surface area contributed by atoms with E-state index in [1.54, 1.807) is 29.8 Å². The number of imide groups is 1. The van der Waals surface area contributed by atoms with Crippen molar-refractivity contribution in [2.24, 2.45) is 0 Å². The van der Waals surface area contributed by atoms with Crippen molar-refractivity contribution in [3.63, 3.8) is 0 Å². The number of furan rings is 1. The van der Waals surface area contributed by atoms with E-state index in [4.69, 9.17) is 4.42 Å². The van der Waals surface area contributed by atoms with Crippen LogP contribution in [-0.4, -0.2) is 30.9 Å². The highest BCUT2D eigenvalue weighted by atomic mass is 16.5. The molecular weight excluding hydrogens is 312 g/mol. The maximum atomic E-state index is 12.5. The molecular formula is C17H17N2O5+. The molecule has 1 aromatic heterocycles. The SMILES string of the molecule is COC(=O)c1ccc(N2C(=O)C[C@H]([NH2+]Cc3ccco3)C2=O)cc1. The Bertz CT molecular complexity index is 752. The topological polar surface area (TPSA) is 93.4 Å². The first kappa shape index (κ1) is 15.9. The van der Waals surface area contributed by atoms with Gasteiger partial charge in [-0.2, -0.15) is 0 Å². The third-order valence-electron chi connectivity index (χ3n) is 3.91. The lowest BCUT2D eigenvalue weighted by Gasteiger charge is -2.14. The monoisotopic (exact) mass is 329 g/mol. The minimum absolute atomic E-state index is 0.137. The molecule has 0 bridgehead atoms. The summed E-state index contributed by atoms with van der Waals surface area (Å²) in [5.41, 5.74) is 0.813. The van der Waals surface area contributed by atoms with Crippen LogP contribution in [0.5, 0.6) is 0 Å². The summed E-state index contributed by atoms with van der Waals surface area (Å²) in [6.45, 7) is 0.492. The van der Waals surface area contributed by atoms with Crippen LogP contribution in [0.1, 0.15) is 22.5 Å². The van der Waals surface area contributed by atoms with E-state index in [0.29, 0.717) is 17.8 Å². The van der Waals surface area contributed by atoms with Crippen molar-refractivity contribution in [1.82, 2.24) is 0 Å². The minimum Gasteiger partial charge on any atom is -0.465 e. The zero-order chi connectivity index (χ0) is 17.1. The van der Waals surface area contributed by atoms with Crippen LogP contribution < -0.4 is 10.2 Å². The highest BCUT2D eigenvalue weighted by Gasteiger charge is 2.42. The summed E-state index contributed by atoms with van der Waals surface area (Å²) in [5.74, 6) is -0.245. The number of esters is 1. The number of carbonyl (C=O) groups is 3. The number of amides is 2. The Labute approximate surface area is 138 Å². The number of nitrogens with two attached hydrogens (primary N) is 1. The van der Waals surface area contributed by atoms with Gasteiger partial charge in [0.1, 0.15) is 6.54 Å². The molecule has 0 radical (unpaired) electrons. The number of hydrogen-bond acceptors (Lipinski definition) is 5. The van der Waals surface area contributed by atoms with E-state index in [9.17, 15) is 14.4 Å². The molecule has 7 nitrogen and oxygen atoms in total. The van der Waals surface area contributed by atoms with E-state index in [0.717, 1.165) is 10.7 Å². The second kappa shape index (κ2) is 6.67. The smallest absolute Gasteiger partial charge is 0.337 e. The van der Waals surface area contributed by atoms with Gasteiger partial charge in [0, 0.05) is 0 Å². The van der Waals surface area contributed by atoms with Crippen molar-refractivity contribution in [3.8, 4) is 0 Å². The van der Waals surface area contributed by atoms with Crippen LogP contribution in [0, 0.1) is 0 Å². The maximum absolute atomic E-state index is 12.5. The number of rotatable bonds is 5. The van der Waals surface area contributed by atoms with Crippen molar-refractivity contribution < 1.29 is 28.9 Å². The van der Waals surface area contributed by atoms with Gasteiger partial charge in [-0.3, -0.25) is 9.59 Å². The Kier molecular flexibility index (Phi) is 4.43. The van der Waals surface area contributed by atoms with Gasteiger partial charge < -0.3 is 14.5 Å². The molecule has 1 atom stereocenters. The third kappa shape index (κ3) is 3.07. The summed E-state index contributed by atoms with van der Waals surface area (Å²) in [6, 6.07) is 9.32. The van der Waals surface area contributed by atoms with Crippen molar-refractivity contribution >= 4 is 23.5 Å². The fourth-order valence-corrected chi connectivity index (χ4v) is 2.66. The van der Waals surface area contributed by atoms with Gasteiger partial charge in [0.05, 0.1) is 31.0 Å². The van der Waals surface area contributed by atoms with Crippen LogP contribution in [0.3, 0.4) is 0 Å². The van der Waals surface area contributed by atoms with Crippen molar-refractivity contribution in [3.05, 3.63) is 54.0 Å². The molecule has 1 aliphatic rings. The van der Waals surface area contributed by atoms with Crippen LogP contribution in [0.2, 0.25) is 0 Å². The number of anilines is 1. The zero-order valence-corrected chi connectivity index (χ0v) is 13.1. The molecule has 1 saturated heterocycles. The lowest BCUT2D eigenvalue weighted by Crippen LogP contribution is -2.90. The Balaban J connectivity index is 1.70. The molecule has 0 spiro atoms. The fraction of sp³-hybridized carbons (Fsp3) is 0.235. The molecule has 2 amide bonds. The summed E-state index contributed by atoms with van der Waals surface area (Å²) in [7, 11) is 1.29. The van der Waals surface area contributed by atoms with Crippen LogP contribution in [-0.2, 0) is 20.9 Å². The van der Waals surface area contributed by atoms with E-state index in [-0.39, 0.29) is 18.2 Å². The van der Waals surface area contributed by atoms with Crippen molar-refractivity contribution in [1.29, 1.82) is 0 Å². The minimum atomic E-state index is -0.470. The highest BCUT2D eigenvalue weighted by molar-refractivity contribution is 6.21. The first-order chi connectivity index (χ1) is 11.6. The molecule has 24 heavy (non-hydrogen) atoms. The van der Waals surface area contributed by atoms with Crippen LogP contribution >= 0.6 is 0 Å². The molecule has 0 saturated carbocycles. The Hall–Kier alpha value is -2.93. The van der Waals surface area contributed by atoms with Crippen molar-refractivity contribution in [2.45, 2.75) is 19.0 Å². The predicted molar refractivity (Wildman–Crippen MR) is 83.0 cm³/mol. The predicted octanol–water partition coefficient (Wildman–Crippen LogP) is 0.462. The first-order valence-electron chi connectivity index (χ1n) is 7.51. The molecule has 1 aliphatic heterocycles. The molecule has 2 N–H and O–H groups in total. The second-order valence-electron chi connectivity index (χ2n) is 5.44. The van der Waals surface area contributed by atoms with Gasteiger partial charge in [-0.25, -0.2) is 9.69 Å². The molecule has 7 heteroatoms. The van der Waals surface area contributed by atoms with Gasteiger partial charge in [-0.05, 0) is 36.4 Å². The molecule has 3 rings (SSSR count). The summed E-state index contributed by atoms with van der Waals surface area (Å²) in [6.07, 6.45) is 1.71. The summed E-state index contributed by atoms with van der Waals surface area (Å²) < 4.78 is 9.86. The number of quaternary nitrogens is 1. The number of methoxy groups -OCH3 is 1. The quantitative estimate of drug-likeness (QED) is 0.635. The largest absolute Gasteiger partial charge is 0.465 e. The van der Waals surface area contributed by atoms with E-state index < -0.39 is 12.0 Å². The van der Waals surface area contributed by atoms with E-state index in [1.807, 2.05) is 6.07 Å². The van der Waals surface area contributed by atoms with E-state index in [2.05, 4.69) is 4.74 Å². The molecule has 0 aliphatic carbocycles. The normalized spacial score (nSPS) is 17.4. The maximum Gasteiger partial charge on any atom is 0.337 e. The van der Waals surface area contributed by atoms with Crippen LogP contribution in [0.15, 0.2) is 47.1 Å². The van der Waals surface area contributed by atoms with Gasteiger partial charge in [-0.15, -0.1) is 0 Å². The number of nitrogens with zero attached hydrogens (tertiary/aromatic N) is 1. The lowest BCUT2D eigenvalue weighted by atomic mass is 10.2. The number of hydrogen-bond donors (Lipinski definition) is 1. The van der Waals surface area contributed by atoms with Gasteiger partial charge in [0.25, 0.3) is 5.91 Å². The number of ether oxygens (including phenoxy) is 1. The van der Waals surface area contributed by atoms with Gasteiger partial charge >= 0.3 is 5.97 Å². The average molecular weight is 329 g/mol. The molecule has 2 heterocycles. The summed E-state index contributed by atoms with van der Waals surface area (Å²) >= 11 is 0. The summed E-state index contributed by atoms with van der Waals surface area (Å²) in [4.78, 5) is 37.3. The average Bonchev–Trinajstić information content (AvgIpc) is 3.20. The zero-order valence-electron chi connectivity index (χ0n) is 13.1. The number of carbonyl (C=O) groups excluding carboxylic acids is 3. The second-order valence-corrected chi connectivity index (χ2v) is 5.44. The molecule has 0 unspecified atom stereocenters. The van der Waals surface area contributed by atoms with Gasteiger partial charge in [0.2, 0.25) is 5.91 Å². The van der Waals surface area contributed by atoms with Crippen LogP contribution in [0.4, 0.5) is 5.69 Å². The van der Waals surface area contributed by atoms with Gasteiger partial charge in [-0.1, -0.05) is 0 Å². The molecule has 1 aromatic carbocycles. The fourth-order valence-electron chi connectivity index (χ4n) is 2.66.